The van der Waals surface area contributed by atoms with Crippen LogP contribution in [0.3, 0.4) is 0 Å². The molecular weight excluding hydrogens is 421 g/mol. The van der Waals surface area contributed by atoms with Crippen molar-refractivity contribution in [1.29, 1.82) is 0 Å². The van der Waals surface area contributed by atoms with Gasteiger partial charge in [-0.2, -0.15) is 13.2 Å². The van der Waals surface area contributed by atoms with Crippen LogP contribution < -0.4 is 5.49 Å². The van der Waals surface area contributed by atoms with Crippen LogP contribution in [0.25, 0.3) is 0 Å². The molecule has 3 aromatic rings. The van der Waals surface area contributed by atoms with Gasteiger partial charge < -0.3 is 9.40 Å². The lowest BCUT2D eigenvalue weighted by atomic mass is 10.2. The van der Waals surface area contributed by atoms with Crippen molar-refractivity contribution in [3.8, 4) is 0 Å². The Morgan fingerprint density at radius 1 is 1.07 bits per heavy atom. The summed E-state index contributed by atoms with van der Waals surface area (Å²) >= 11 is 5.75. The highest BCUT2D eigenvalue weighted by Crippen LogP contribution is 2.18. The largest absolute Gasteiger partial charge is 0.455 e. The predicted molar refractivity (Wildman–Crippen MR) is 104 cm³/mol. The molecule has 0 amide bonds. The molecule has 1 aromatic carbocycles. The smallest absolute Gasteiger partial charge is 0.328 e. The summed E-state index contributed by atoms with van der Waals surface area (Å²) in [6, 6.07) is 15.4. The number of pyridine rings is 2. The van der Waals surface area contributed by atoms with Crippen LogP contribution in [0.5, 0.6) is 0 Å². The molecule has 6 nitrogen and oxygen atoms in total. The fraction of sp³-hybridized carbons (Fsp3) is 0.100. The second-order valence-corrected chi connectivity index (χ2v) is 6.33. The maximum absolute atomic E-state index is 13.4. The molecule has 0 saturated heterocycles. The Kier molecular flexibility index (Phi) is 6.63. The van der Waals surface area contributed by atoms with E-state index in [1.54, 1.807) is 42.6 Å². The van der Waals surface area contributed by atoms with E-state index >= 15 is 0 Å². The third-order valence-electron chi connectivity index (χ3n) is 3.76. The van der Waals surface area contributed by atoms with Gasteiger partial charge in [-0.25, -0.2) is 14.8 Å². The molecule has 0 fully saturated rings. The fourth-order valence-electron chi connectivity index (χ4n) is 2.35. The SMILES string of the molecule is O=C(O/N=C(/N=c1\ccccn1Cc1ccc(Cl)nc1)C(F)(F)F)c1ccccc1. The second-order valence-electron chi connectivity index (χ2n) is 5.95. The van der Waals surface area contributed by atoms with E-state index in [2.05, 4.69) is 20.0 Å². The monoisotopic (exact) mass is 434 g/mol. The maximum atomic E-state index is 13.4. The average molecular weight is 435 g/mol. The summed E-state index contributed by atoms with van der Waals surface area (Å²) < 4.78 is 41.7. The van der Waals surface area contributed by atoms with Crippen LogP contribution in [0.1, 0.15) is 15.9 Å². The predicted octanol–water partition coefficient (Wildman–Crippen LogP) is 4.22. The van der Waals surface area contributed by atoms with Gasteiger partial charge in [0.15, 0.2) is 0 Å². The molecule has 30 heavy (non-hydrogen) atoms. The van der Waals surface area contributed by atoms with E-state index < -0.39 is 18.0 Å². The molecule has 0 aliphatic rings. The summed E-state index contributed by atoms with van der Waals surface area (Å²) in [5.41, 5.74) is 0.722. The van der Waals surface area contributed by atoms with Gasteiger partial charge in [0.05, 0.1) is 12.1 Å². The molecule has 0 aliphatic carbocycles. The van der Waals surface area contributed by atoms with Crippen molar-refractivity contribution >= 4 is 23.4 Å². The average Bonchev–Trinajstić information content (AvgIpc) is 2.73. The topological polar surface area (TPSA) is 68.8 Å². The molecular formula is C20H14ClF3N4O2. The number of carbonyl (C=O) groups is 1. The normalized spacial score (nSPS) is 12.7. The van der Waals surface area contributed by atoms with Gasteiger partial charge >= 0.3 is 12.1 Å². The Morgan fingerprint density at radius 2 is 1.80 bits per heavy atom. The summed E-state index contributed by atoms with van der Waals surface area (Å²) in [5.74, 6) is -2.62. The number of hydrogen-bond donors (Lipinski definition) is 0. The molecule has 2 heterocycles. The quantitative estimate of drug-likeness (QED) is 0.203. The van der Waals surface area contributed by atoms with Crippen molar-refractivity contribution in [3.05, 3.63) is 94.8 Å². The van der Waals surface area contributed by atoms with E-state index in [-0.39, 0.29) is 17.6 Å². The number of aromatic nitrogens is 2. The number of nitrogens with zero attached hydrogens (tertiary/aromatic N) is 4. The summed E-state index contributed by atoms with van der Waals surface area (Å²) in [6.45, 7) is 0.193. The van der Waals surface area contributed by atoms with Crippen molar-refractivity contribution < 1.29 is 22.8 Å². The van der Waals surface area contributed by atoms with Gasteiger partial charge in [0.25, 0.3) is 5.84 Å². The van der Waals surface area contributed by atoms with Gasteiger partial charge in [0.1, 0.15) is 10.6 Å². The third kappa shape index (κ3) is 5.77. The van der Waals surface area contributed by atoms with Crippen molar-refractivity contribution in [2.24, 2.45) is 10.1 Å². The van der Waals surface area contributed by atoms with Gasteiger partial charge in [-0.05, 0) is 41.1 Å². The lowest BCUT2D eigenvalue weighted by Gasteiger charge is -2.09. The summed E-state index contributed by atoms with van der Waals surface area (Å²) in [7, 11) is 0. The number of carbonyl (C=O) groups excluding carboxylic acids is 1. The molecule has 10 heteroatoms. The van der Waals surface area contributed by atoms with E-state index in [9.17, 15) is 18.0 Å². The molecule has 0 bridgehead atoms. The van der Waals surface area contributed by atoms with Gasteiger partial charge in [-0.3, -0.25) is 0 Å². The first kappa shape index (κ1) is 21.3. The van der Waals surface area contributed by atoms with Crippen LogP contribution >= 0.6 is 11.6 Å². The van der Waals surface area contributed by atoms with E-state index in [4.69, 9.17) is 11.6 Å². The number of alkyl halides is 3. The fourth-order valence-corrected chi connectivity index (χ4v) is 2.47. The number of amidine groups is 1. The Bertz CT molecular complexity index is 1110. The van der Waals surface area contributed by atoms with Crippen molar-refractivity contribution in [1.82, 2.24) is 9.55 Å². The van der Waals surface area contributed by atoms with Crippen molar-refractivity contribution in [2.75, 3.05) is 0 Å². The van der Waals surface area contributed by atoms with Gasteiger partial charge in [0, 0.05) is 12.4 Å². The van der Waals surface area contributed by atoms with E-state index in [1.807, 2.05) is 0 Å². The molecule has 0 radical (unpaired) electrons. The maximum Gasteiger partial charge on any atom is 0.455 e. The van der Waals surface area contributed by atoms with Crippen molar-refractivity contribution in [3.63, 3.8) is 0 Å². The second kappa shape index (κ2) is 9.36. The zero-order valence-electron chi connectivity index (χ0n) is 15.3. The van der Waals surface area contributed by atoms with E-state index in [0.717, 1.165) is 0 Å². The molecule has 2 aromatic heterocycles. The van der Waals surface area contributed by atoms with Crippen LogP contribution in [-0.2, 0) is 11.4 Å². The number of oxime groups is 1. The first-order valence-electron chi connectivity index (χ1n) is 8.55. The Morgan fingerprint density at radius 3 is 2.47 bits per heavy atom. The van der Waals surface area contributed by atoms with Crippen LogP contribution in [0.2, 0.25) is 5.15 Å². The molecule has 0 N–H and O–H groups in total. The highest BCUT2D eigenvalue weighted by Gasteiger charge is 2.37. The van der Waals surface area contributed by atoms with Crippen LogP contribution in [0.15, 0.2) is 83.2 Å². The van der Waals surface area contributed by atoms with Crippen LogP contribution in [0.4, 0.5) is 13.2 Å². The van der Waals surface area contributed by atoms with E-state index in [1.165, 1.54) is 35.0 Å². The van der Waals surface area contributed by atoms with E-state index in [0.29, 0.717) is 10.7 Å². The molecule has 0 unspecified atom stereocenters. The van der Waals surface area contributed by atoms with Crippen LogP contribution in [-0.4, -0.2) is 27.5 Å². The first-order valence-corrected chi connectivity index (χ1v) is 8.93. The number of halogens is 4. The Labute approximate surface area is 173 Å². The molecule has 0 aliphatic heterocycles. The van der Waals surface area contributed by atoms with Crippen LogP contribution in [0, 0.1) is 0 Å². The molecule has 154 valence electrons. The highest BCUT2D eigenvalue weighted by molar-refractivity contribution is 6.29. The number of benzene rings is 1. The summed E-state index contributed by atoms with van der Waals surface area (Å²) in [6.07, 6.45) is -1.88. The minimum atomic E-state index is -4.94. The lowest BCUT2D eigenvalue weighted by molar-refractivity contribution is -0.0624. The molecule has 3 rings (SSSR count). The Balaban J connectivity index is 1.92. The van der Waals surface area contributed by atoms with Gasteiger partial charge in [-0.1, -0.05) is 41.9 Å². The standard InChI is InChI=1S/C20H14ClF3N4O2/c21-16-10-9-14(12-25-16)13-28-11-5-4-8-17(28)26-19(20(22,23)24)27-30-18(29)15-6-2-1-3-7-15/h1-12H,13H2/b26-17+,27-19+. The van der Waals surface area contributed by atoms with Gasteiger partial charge in [-0.15, -0.1) is 0 Å². The first-order chi connectivity index (χ1) is 14.3. The number of rotatable bonds is 4. The third-order valence-corrected chi connectivity index (χ3v) is 3.98. The summed E-state index contributed by atoms with van der Waals surface area (Å²) in [4.78, 5) is 23.9. The zero-order chi connectivity index (χ0) is 21.6. The van der Waals surface area contributed by atoms with Gasteiger partial charge in [0.2, 0.25) is 0 Å². The molecule has 0 saturated carbocycles. The summed E-state index contributed by atoms with van der Waals surface area (Å²) in [5, 5.41) is 3.26. The van der Waals surface area contributed by atoms with Crippen molar-refractivity contribution in [2.45, 2.75) is 12.7 Å². The number of hydrogen-bond acceptors (Lipinski definition) is 4. The minimum absolute atomic E-state index is 0.0423. The molecule has 0 atom stereocenters. The minimum Gasteiger partial charge on any atom is -0.328 e. The lowest BCUT2D eigenvalue weighted by Crippen LogP contribution is -2.28. The zero-order valence-corrected chi connectivity index (χ0v) is 16.0. The molecule has 0 spiro atoms. The Hall–Kier alpha value is -3.46. The highest BCUT2D eigenvalue weighted by atomic mass is 35.5.